The van der Waals surface area contributed by atoms with Crippen molar-refractivity contribution in [3.05, 3.63) is 48.3 Å². The molecule has 0 aliphatic rings. The summed E-state index contributed by atoms with van der Waals surface area (Å²) in [7, 11) is -3.87. The highest BCUT2D eigenvalue weighted by Crippen LogP contribution is 2.23. The molecule has 0 radical (unpaired) electrons. The van der Waals surface area contributed by atoms with Crippen LogP contribution in [0.15, 0.2) is 47.4 Å². The molecular formula is C14H15FN2O3S. The van der Waals surface area contributed by atoms with E-state index in [9.17, 15) is 12.8 Å². The van der Waals surface area contributed by atoms with Crippen LogP contribution in [0.4, 0.5) is 15.8 Å². The molecule has 2 rings (SSSR count). The van der Waals surface area contributed by atoms with E-state index in [1.165, 1.54) is 0 Å². The van der Waals surface area contributed by atoms with Crippen molar-refractivity contribution in [2.24, 2.45) is 0 Å². The van der Waals surface area contributed by atoms with Crippen LogP contribution in [0.25, 0.3) is 0 Å². The molecule has 0 bridgehead atoms. The fraction of sp³-hybridized carbons (Fsp3) is 0.143. The summed E-state index contributed by atoms with van der Waals surface area (Å²) >= 11 is 0. The lowest BCUT2D eigenvalue weighted by atomic mass is 10.3. The van der Waals surface area contributed by atoms with Crippen LogP contribution in [-0.4, -0.2) is 15.0 Å². The van der Waals surface area contributed by atoms with Crippen molar-refractivity contribution in [3.8, 4) is 5.75 Å². The van der Waals surface area contributed by atoms with Crippen LogP contribution in [0, 0.1) is 5.82 Å². The highest BCUT2D eigenvalue weighted by molar-refractivity contribution is 7.92. The van der Waals surface area contributed by atoms with Gasteiger partial charge in [-0.05, 0) is 49.4 Å². The van der Waals surface area contributed by atoms with Gasteiger partial charge >= 0.3 is 0 Å². The Balaban J connectivity index is 2.24. The molecule has 0 saturated heterocycles. The summed E-state index contributed by atoms with van der Waals surface area (Å²) in [6.45, 7) is 2.38. The van der Waals surface area contributed by atoms with Crippen LogP contribution in [0.2, 0.25) is 0 Å². The lowest BCUT2D eigenvalue weighted by Crippen LogP contribution is -2.14. The smallest absolute Gasteiger partial charge is 0.263 e. The van der Waals surface area contributed by atoms with Gasteiger partial charge in [0.25, 0.3) is 10.0 Å². The molecule has 0 saturated carbocycles. The summed E-state index contributed by atoms with van der Waals surface area (Å²) < 4.78 is 45.0. The Labute approximate surface area is 122 Å². The van der Waals surface area contributed by atoms with Gasteiger partial charge in [0.1, 0.15) is 16.5 Å². The molecule has 0 heterocycles. The average Bonchev–Trinajstić information content (AvgIpc) is 2.40. The summed E-state index contributed by atoms with van der Waals surface area (Å²) in [5, 5.41) is 0. The summed E-state index contributed by atoms with van der Waals surface area (Å²) in [5.41, 5.74) is 5.76. The third-order valence-electron chi connectivity index (χ3n) is 2.68. The largest absolute Gasteiger partial charge is 0.494 e. The zero-order chi connectivity index (χ0) is 15.5. The molecular weight excluding hydrogens is 295 g/mol. The molecule has 112 valence electrons. The van der Waals surface area contributed by atoms with Crippen molar-refractivity contribution in [1.29, 1.82) is 0 Å². The number of rotatable bonds is 5. The minimum absolute atomic E-state index is 0.145. The van der Waals surface area contributed by atoms with Gasteiger partial charge in [-0.1, -0.05) is 0 Å². The Kier molecular flexibility index (Phi) is 4.32. The van der Waals surface area contributed by atoms with Gasteiger partial charge in [-0.25, -0.2) is 12.8 Å². The normalized spacial score (nSPS) is 11.1. The molecule has 0 aliphatic carbocycles. The molecule has 0 aromatic heterocycles. The van der Waals surface area contributed by atoms with Gasteiger partial charge in [-0.3, -0.25) is 4.72 Å². The monoisotopic (exact) mass is 310 g/mol. The minimum atomic E-state index is -3.87. The van der Waals surface area contributed by atoms with Gasteiger partial charge in [-0.2, -0.15) is 0 Å². The highest BCUT2D eigenvalue weighted by atomic mass is 32.2. The molecule has 3 N–H and O–H groups in total. The van der Waals surface area contributed by atoms with Crippen LogP contribution in [0.5, 0.6) is 5.75 Å². The minimum Gasteiger partial charge on any atom is -0.494 e. The second-order valence-electron chi connectivity index (χ2n) is 4.25. The molecule has 0 atom stereocenters. The van der Waals surface area contributed by atoms with E-state index < -0.39 is 15.8 Å². The first kappa shape index (κ1) is 15.1. The summed E-state index contributed by atoms with van der Waals surface area (Å²) in [5.74, 6) is 0.0502. The van der Waals surface area contributed by atoms with Crippen LogP contribution in [-0.2, 0) is 10.0 Å². The van der Waals surface area contributed by atoms with E-state index in [0.29, 0.717) is 18.0 Å². The number of hydrogen-bond donors (Lipinski definition) is 2. The standard InChI is InChI=1S/C14H15FN2O3S/c1-2-20-12-6-4-11(5-7-12)17-21(18,19)14-8-3-10(15)9-13(14)16/h3-9,17H,2,16H2,1H3. The Morgan fingerprint density at radius 3 is 2.43 bits per heavy atom. The molecule has 0 amide bonds. The third kappa shape index (κ3) is 3.63. The van der Waals surface area contributed by atoms with Gasteiger partial charge in [0.2, 0.25) is 0 Å². The maximum absolute atomic E-state index is 13.0. The molecule has 0 unspecified atom stereocenters. The van der Waals surface area contributed by atoms with Crippen LogP contribution in [0.1, 0.15) is 6.92 Å². The van der Waals surface area contributed by atoms with Gasteiger partial charge in [0.15, 0.2) is 0 Å². The van der Waals surface area contributed by atoms with Crippen LogP contribution in [0.3, 0.4) is 0 Å². The van der Waals surface area contributed by atoms with Crippen molar-refractivity contribution >= 4 is 21.4 Å². The SMILES string of the molecule is CCOc1ccc(NS(=O)(=O)c2ccc(F)cc2N)cc1. The molecule has 2 aromatic rings. The number of hydrogen-bond acceptors (Lipinski definition) is 4. The lowest BCUT2D eigenvalue weighted by Gasteiger charge is -2.11. The number of ether oxygens (including phenoxy) is 1. The second kappa shape index (κ2) is 6.01. The summed E-state index contributed by atoms with van der Waals surface area (Å²) in [6, 6.07) is 9.58. The number of benzene rings is 2. The number of nitrogens with two attached hydrogens (primary N) is 1. The Morgan fingerprint density at radius 2 is 1.86 bits per heavy atom. The quantitative estimate of drug-likeness (QED) is 0.832. The topological polar surface area (TPSA) is 81.4 Å². The van der Waals surface area contributed by atoms with Crippen LogP contribution < -0.4 is 15.2 Å². The van der Waals surface area contributed by atoms with Gasteiger partial charge in [0, 0.05) is 5.69 Å². The van der Waals surface area contributed by atoms with E-state index in [0.717, 1.165) is 18.2 Å². The van der Waals surface area contributed by atoms with Crippen molar-refractivity contribution in [3.63, 3.8) is 0 Å². The summed E-state index contributed by atoms with van der Waals surface area (Å²) in [4.78, 5) is -0.169. The van der Waals surface area contributed by atoms with Gasteiger partial charge in [-0.15, -0.1) is 0 Å². The molecule has 21 heavy (non-hydrogen) atoms. The molecule has 5 nitrogen and oxygen atoms in total. The maximum Gasteiger partial charge on any atom is 0.263 e. The lowest BCUT2D eigenvalue weighted by molar-refractivity contribution is 0.340. The summed E-state index contributed by atoms with van der Waals surface area (Å²) in [6.07, 6.45) is 0. The molecule has 7 heteroatoms. The van der Waals surface area contributed by atoms with Gasteiger partial charge < -0.3 is 10.5 Å². The molecule has 0 aliphatic heterocycles. The van der Waals surface area contributed by atoms with E-state index >= 15 is 0 Å². The maximum atomic E-state index is 13.0. The fourth-order valence-corrected chi connectivity index (χ4v) is 2.93. The van der Waals surface area contributed by atoms with E-state index in [2.05, 4.69) is 4.72 Å². The predicted molar refractivity (Wildman–Crippen MR) is 79.2 cm³/mol. The number of nitrogens with one attached hydrogen (secondary N) is 1. The Morgan fingerprint density at radius 1 is 1.19 bits per heavy atom. The fourth-order valence-electron chi connectivity index (χ4n) is 1.76. The molecule has 0 fully saturated rings. The van der Waals surface area contributed by atoms with E-state index in [-0.39, 0.29) is 10.6 Å². The van der Waals surface area contributed by atoms with Crippen molar-refractivity contribution in [2.75, 3.05) is 17.1 Å². The van der Waals surface area contributed by atoms with E-state index in [1.54, 1.807) is 24.3 Å². The Bertz CT molecular complexity index is 730. The van der Waals surface area contributed by atoms with E-state index in [4.69, 9.17) is 10.5 Å². The molecule has 0 spiro atoms. The first-order chi connectivity index (χ1) is 9.92. The number of sulfonamides is 1. The van der Waals surface area contributed by atoms with Crippen molar-refractivity contribution in [2.45, 2.75) is 11.8 Å². The third-order valence-corrected chi connectivity index (χ3v) is 4.13. The number of halogens is 1. The zero-order valence-electron chi connectivity index (χ0n) is 11.3. The Hall–Kier alpha value is -2.28. The second-order valence-corrected chi connectivity index (χ2v) is 5.90. The van der Waals surface area contributed by atoms with Gasteiger partial charge in [0.05, 0.1) is 12.3 Å². The van der Waals surface area contributed by atoms with Crippen molar-refractivity contribution in [1.82, 2.24) is 0 Å². The number of nitrogen functional groups attached to an aromatic ring is 1. The number of anilines is 2. The predicted octanol–water partition coefficient (Wildman–Crippen LogP) is 2.61. The van der Waals surface area contributed by atoms with Crippen molar-refractivity contribution < 1.29 is 17.5 Å². The van der Waals surface area contributed by atoms with E-state index in [1.807, 2.05) is 6.92 Å². The zero-order valence-corrected chi connectivity index (χ0v) is 12.2. The first-order valence-electron chi connectivity index (χ1n) is 6.23. The molecule has 2 aromatic carbocycles. The van der Waals surface area contributed by atoms with Crippen LogP contribution >= 0.6 is 0 Å². The first-order valence-corrected chi connectivity index (χ1v) is 7.71. The average molecular weight is 310 g/mol. The highest BCUT2D eigenvalue weighted by Gasteiger charge is 2.18.